The second-order valence-electron chi connectivity index (χ2n) is 14.0. The Bertz CT molecular complexity index is 1850. The van der Waals surface area contributed by atoms with Gasteiger partial charge in [-0.05, 0) is 76.7 Å². The number of anilines is 2. The predicted octanol–water partition coefficient (Wildman–Crippen LogP) is 7.52. The average Bonchev–Trinajstić information content (AvgIpc) is 3.98. The van der Waals surface area contributed by atoms with Gasteiger partial charge in [0, 0.05) is 36.6 Å². The number of nitrogen functional groups attached to an aromatic ring is 2. The van der Waals surface area contributed by atoms with Crippen LogP contribution in [0.4, 0.5) is 11.9 Å². The Hall–Kier alpha value is -4.82. The van der Waals surface area contributed by atoms with Gasteiger partial charge in [-0.3, -0.25) is 9.59 Å². The summed E-state index contributed by atoms with van der Waals surface area (Å²) in [6.07, 6.45) is 24.8. The van der Waals surface area contributed by atoms with Gasteiger partial charge < -0.3 is 21.4 Å². The molecule has 5 aromatic rings. The van der Waals surface area contributed by atoms with Gasteiger partial charge in [0.1, 0.15) is 13.1 Å². The van der Waals surface area contributed by atoms with E-state index in [1.165, 1.54) is 5.57 Å². The summed E-state index contributed by atoms with van der Waals surface area (Å²) in [4.78, 5) is 38.2. The van der Waals surface area contributed by atoms with Crippen molar-refractivity contribution in [1.82, 2.24) is 49.9 Å². The van der Waals surface area contributed by atoms with Crippen LogP contribution < -0.4 is 11.5 Å². The van der Waals surface area contributed by atoms with Crippen LogP contribution in [0.3, 0.4) is 0 Å². The highest BCUT2D eigenvalue weighted by atomic mass is 35.5. The SMILES string of the molecule is C/C(=C\c1ccccc1)CCC(=O)Cn1cc(CCCCCc2cnc(N)[nH]2)nn1.CCCCCC(=O)Cn1cc(CCCCCc2cnc(N)[nH]2)nn1.Cl.Cl. The van der Waals surface area contributed by atoms with Crippen molar-refractivity contribution in [2.75, 3.05) is 11.5 Å². The van der Waals surface area contributed by atoms with Gasteiger partial charge in [0.05, 0.1) is 23.8 Å². The van der Waals surface area contributed by atoms with Crippen LogP contribution in [0.5, 0.6) is 0 Å². The van der Waals surface area contributed by atoms with Crippen molar-refractivity contribution in [2.45, 2.75) is 130 Å². The topological polar surface area (TPSA) is 205 Å². The number of halogens is 2. The monoisotopic (exact) mass is 810 g/mol. The maximum atomic E-state index is 12.3. The second kappa shape index (κ2) is 26.9. The predicted molar refractivity (Wildman–Crippen MR) is 227 cm³/mol. The number of nitrogens with two attached hydrogens (primary N) is 2. The minimum atomic E-state index is 0. The third kappa shape index (κ3) is 19.2. The molecule has 56 heavy (non-hydrogen) atoms. The first-order valence-corrected chi connectivity index (χ1v) is 19.4. The Morgan fingerprint density at radius 1 is 0.661 bits per heavy atom. The zero-order chi connectivity index (χ0) is 38.4. The molecule has 6 N–H and O–H groups in total. The fourth-order valence-corrected chi connectivity index (χ4v) is 6.00. The van der Waals surface area contributed by atoms with E-state index in [-0.39, 0.29) is 42.9 Å². The second-order valence-corrected chi connectivity index (χ2v) is 14.0. The zero-order valence-electron chi connectivity index (χ0n) is 32.9. The van der Waals surface area contributed by atoms with Crippen molar-refractivity contribution in [1.29, 1.82) is 0 Å². The normalized spacial score (nSPS) is 11.0. The minimum absolute atomic E-state index is 0. The Kier molecular flexibility index (Phi) is 22.7. The van der Waals surface area contributed by atoms with Crippen molar-refractivity contribution < 1.29 is 9.59 Å². The maximum absolute atomic E-state index is 12.3. The smallest absolute Gasteiger partial charge is 0.197 e. The van der Waals surface area contributed by atoms with Crippen LogP contribution in [-0.2, 0) is 48.4 Å². The molecule has 14 nitrogen and oxygen atoms in total. The van der Waals surface area contributed by atoms with Gasteiger partial charge in [0.15, 0.2) is 23.5 Å². The lowest BCUT2D eigenvalue weighted by molar-refractivity contribution is -0.120. The highest BCUT2D eigenvalue weighted by Crippen LogP contribution is 2.13. The van der Waals surface area contributed by atoms with E-state index in [1.54, 1.807) is 21.8 Å². The van der Waals surface area contributed by atoms with Crippen LogP contribution in [0.1, 0.15) is 119 Å². The van der Waals surface area contributed by atoms with Gasteiger partial charge in [-0.15, -0.1) is 35.0 Å². The first-order valence-electron chi connectivity index (χ1n) is 19.4. The van der Waals surface area contributed by atoms with Gasteiger partial charge >= 0.3 is 0 Å². The van der Waals surface area contributed by atoms with Gasteiger partial charge in [-0.1, -0.05) is 85.0 Å². The molecule has 4 heterocycles. The van der Waals surface area contributed by atoms with Crippen LogP contribution >= 0.6 is 24.8 Å². The lowest BCUT2D eigenvalue weighted by Gasteiger charge is -2.02. The molecule has 0 radical (unpaired) electrons. The molecule has 0 spiro atoms. The number of Topliss-reactive ketones (excluding diaryl/α,β-unsaturated/α-hetero) is 2. The number of ketones is 2. The van der Waals surface area contributed by atoms with Crippen LogP contribution in [0.15, 0.2) is 60.7 Å². The van der Waals surface area contributed by atoms with Crippen LogP contribution in [-0.4, -0.2) is 61.5 Å². The number of aryl methyl sites for hydroxylation is 4. The maximum Gasteiger partial charge on any atom is 0.197 e. The molecule has 0 aliphatic rings. The first-order chi connectivity index (χ1) is 26.2. The number of nitrogens with one attached hydrogen (secondary N) is 2. The van der Waals surface area contributed by atoms with Crippen LogP contribution in [0.25, 0.3) is 6.08 Å². The summed E-state index contributed by atoms with van der Waals surface area (Å²) in [7, 11) is 0. The molecular formula is C40H60Cl2N12O2. The number of nitrogens with zero attached hydrogens (tertiary/aromatic N) is 8. The van der Waals surface area contributed by atoms with E-state index < -0.39 is 0 Å². The summed E-state index contributed by atoms with van der Waals surface area (Å²) in [6, 6.07) is 10.2. The number of H-pyrrole nitrogens is 2. The number of hydrogen-bond donors (Lipinski definition) is 4. The standard InChI is InChI=1S/C23H30N6O.C17H28N6O.2ClH/c1-18(14-19-8-4-2-5-9-19)12-13-22(30)17-29-16-21(27-28-29)11-7-3-6-10-20-15-25-23(24)26-20;1-2-3-5-10-16(24)13-23-12-15(21-22-23)9-7-4-6-8-14-11-19-17(18)20-14;;/h2,4-5,8-9,14-16H,3,6-7,10-13,17H2,1H3,(H3,24,25,26);11-12H,2-10,13H2,1H3,(H3,18,19,20);2*1H/b18-14+;;;. The molecule has 0 unspecified atom stereocenters. The summed E-state index contributed by atoms with van der Waals surface area (Å²) in [5, 5.41) is 16.5. The number of carbonyl (C=O) groups is 2. The molecule has 0 saturated heterocycles. The number of aromatic amines is 2. The van der Waals surface area contributed by atoms with E-state index in [9.17, 15) is 9.59 Å². The Morgan fingerprint density at radius 3 is 1.64 bits per heavy atom. The summed E-state index contributed by atoms with van der Waals surface area (Å²) in [5.41, 5.74) is 17.5. The van der Waals surface area contributed by atoms with E-state index in [1.807, 2.05) is 30.6 Å². The van der Waals surface area contributed by atoms with E-state index in [0.29, 0.717) is 31.3 Å². The zero-order valence-corrected chi connectivity index (χ0v) is 34.5. The van der Waals surface area contributed by atoms with E-state index in [0.717, 1.165) is 118 Å². The number of rotatable bonds is 24. The quantitative estimate of drug-likeness (QED) is 0.0451. The van der Waals surface area contributed by atoms with Crippen molar-refractivity contribution in [3.8, 4) is 0 Å². The van der Waals surface area contributed by atoms with Crippen molar-refractivity contribution >= 4 is 54.4 Å². The summed E-state index contributed by atoms with van der Waals surface area (Å²) >= 11 is 0. The molecule has 16 heteroatoms. The number of hydrogen-bond acceptors (Lipinski definition) is 10. The lowest BCUT2D eigenvalue weighted by atomic mass is 10.1. The minimum Gasteiger partial charge on any atom is -0.369 e. The van der Waals surface area contributed by atoms with Crippen molar-refractivity contribution in [2.24, 2.45) is 0 Å². The number of aromatic nitrogens is 10. The number of allylic oxidation sites excluding steroid dienone is 1. The van der Waals surface area contributed by atoms with Crippen molar-refractivity contribution in [3.63, 3.8) is 0 Å². The number of carbonyl (C=O) groups excluding carboxylic acids is 2. The highest BCUT2D eigenvalue weighted by Gasteiger charge is 2.09. The fourth-order valence-electron chi connectivity index (χ4n) is 6.00. The van der Waals surface area contributed by atoms with Gasteiger partial charge in [-0.25, -0.2) is 19.3 Å². The Labute approximate surface area is 342 Å². The lowest BCUT2D eigenvalue weighted by Crippen LogP contribution is -2.10. The molecule has 0 aliphatic carbocycles. The van der Waals surface area contributed by atoms with Gasteiger partial charge in [-0.2, -0.15) is 0 Å². The summed E-state index contributed by atoms with van der Waals surface area (Å²) < 4.78 is 3.32. The largest absolute Gasteiger partial charge is 0.369 e. The molecule has 0 amide bonds. The summed E-state index contributed by atoms with van der Waals surface area (Å²) in [6.45, 7) is 4.83. The number of unbranched alkanes of at least 4 members (excludes halogenated alkanes) is 6. The number of benzene rings is 1. The van der Waals surface area contributed by atoms with E-state index in [2.05, 4.69) is 72.6 Å². The third-order valence-corrected chi connectivity index (χ3v) is 8.97. The molecule has 0 saturated carbocycles. The first kappa shape index (κ1) is 47.3. The third-order valence-electron chi connectivity index (χ3n) is 8.97. The van der Waals surface area contributed by atoms with Crippen molar-refractivity contribution in [3.05, 3.63) is 89.0 Å². The molecule has 306 valence electrons. The Morgan fingerprint density at radius 2 is 1.16 bits per heavy atom. The van der Waals surface area contributed by atoms with Gasteiger partial charge in [0.25, 0.3) is 0 Å². The molecule has 1 aromatic carbocycles. The molecule has 0 bridgehead atoms. The van der Waals surface area contributed by atoms with Crippen LogP contribution in [0, 0.1) is 0 Å². The molecule has 0 aliphatic heterocycles. The molecule has 0 fully saturated rings. The molecule has 0 atom stereocenters. The van der Waals surface area contributed by atoms with E-state index in [4.69, 9.17) is 11.5 Å². The van der Waals surface area contributed by atoms with E-state index >= 15 is 0 Å². The summed E-state index contributed by atoms with van der Waals surface area (Å²) in [5.74, 6) is 1.36. The fraction of sp³-hybridized carbons (Fsp3) is 0.500. The average molecular weight is 812 g/mol. The molecule has 5 rings (SSSR count). The molecule has 4 aromatic heterocycles. The van der Waals surface area contributed by atoms with Crippen LogP contribution in [0.2, 0.25) is 0 Å². The van der Waals surface area contributed by atoms with Gasteiger partial charge in [0.2, 0.25) is 0 Å². The number of imidazole rings is 2. The Balaban J connectivity index is 0.000000382. The molecular weight excluding hydrogens is 751 g/mol. The highest BCUT2D eigenvalue weighted by molar-refractivity contribution is 5.85.